The van der Waals surface area contributed by atoms with Crippen LogP contribution < -0.4 is 10.6 Å². The molecule has 2 amide bonds. The molecule has 2 saturated heterocycles. The second kappa shape index (κ2) is 5.57. The molecule has 0 bridgehead atoms. The van der Waals surface area contributed by atoms with Crippen molar-refractivity contribution >= 4 is 12.0 Å². The van der Waals surface area contributed by atoms with Crippen molar-refractivity contribution in [2.45, 2.75) is 38.3 Å². The lowest BCUT2D eigenvalue weighted by molar-refractivity contribution is -0.148. The highest BCUT2D eigenvalue weighted by atomic mass is 16.5. The number of nitrogens with one attached hydrogen (secondary N) is 2. The maximum Gasteiger partial charge on any atom is 0.315 e. The van der Waals surface area contributed by atoms with Crippen molar-refractivity contribution in [3.63, 3.8) is 0 Å². The van der Waals surface area contributed by atoms with E-state index in [0.29, 0.717) is 13.2 Å². The Hall–Kier alpha value is -1.34. The summed E-state index contributed by atoms with van der Waals surface area (Å²) in [6.07, 6.45) is 1.50. The third kappa shape index (κ3) is 3.04. The minimum atomic E-state index is -1.08. The summed E-state index contributed by atoms with van der Waals surface area (Å²) in [6, 6.07) is -0.874. The van der Waals surface area contributed by atoms with Gasteiger partial charge in [0.25, 0.3) is 0 Å². The fourth-order valence-electron chi connectivity index (χ4n) is 2.50. The molecule has 0 aliphatic carbocycles. The predicted molar refractivity (Wildman–Crippen MR) is 70.5 cm³/mol. The van der Waals surface area contributed by atoms with Gasteiger partial charge in [-0.15, -0.1) is 0 Å². The van der Waals surface area contributed by atoms with E-state index >= 15 is 0 Å². The molecule has 2 rings (SSSR count). The van der Waals surface area contributed by atoms with Crippen molar-refractivity contribution in [3.8, 4) is 0 Å². The van der Waals surface area contributed by atoms with E-state index in [-0.39, 0.29) is 24.8 Å². The van der Waals surface area contributed by atoms with Gasteiger partial charge in [0, 0.05) is 18.8 Å². The first-order valence-corrected chi connectivity index (χ1v) is 6.83. The summed E-state index contributed by atoms with van der Waals surface area (Å²) in [6.45, 7) is 5.13. The van der Waals surface area contributed by atoms with Gasteiger partial charge in [-0.05, 0) is 26.7 Å². The van der Waals surface area contributed by atoms with E-state index < -0.39 is 17.4 Å². The van der Waals surface area contributed by atoms with Crippen LogP contribution in [-0.4, -0.2) is 55.1 Å². The lowest BCUT2D eigenvalue weighted by Crippen LogP contribution is -2.58. The van der Waals surface area contributed by atoms with Crippen LogP contribution in [0.15, 0.2) is 0 Å². The number of carbonyl (C=O) groups excluding carboxylic acids is 1. The summed E-state index contributed by atoms with van der Waals surface area (Å²) in [5.41, 5.74) is -1.38. The standard InChI is InChI=1S/C13H22N2O5/c1-12(3-5-19-6-4-12)15-11(18)14-9-7-20-8-13(9,2)10(16)17/h9H,3-8H2,1-2H3,(H,16,17)(H2,14,15,18). The second-order valence-corrected chi connectivity index (χ2v) is 6.06. The molecule has 114 valence electrons. The number of amides is 2. The van der Waals surface area contributed by atoms with Crippen LogP contribution in [0.3, 0.4) is 0 Å². The van der Waals surface area contributed by atoms with E-state index in [2.05, 4.69) is 10.6 Å². The van der Waals surface area contributed by atoms with Crippen molar-refractivity contribution in [2.75, 3.05) is 26.4 Å². The Balaban J connectivity index is 1.92. The van der Waals surface area contributed by atoms with E-state index in [0.717, 1.165) is 12.8 Å². The lowest BCUT2D eigenvalue weighted by Gasteiger charge is -2.35. The van der Waals surface area contributed by atoms with Crippen LogP contribution in [0.4, 0.5) is 4.79 Å². The van der Waals surface area contributed by atoms with Gasteiger partial charge in [0.1, 0.15) is 5.41 Å². The molecule has 0 saturated carbocycles. The van der Waals surface area contributed by atoms with Gasteiger partial charge in [0.2, 0.25) is 0 Å². The Morgan fingerprint density at radius 2 is 1.85 bits per heavy atom. The first-order chi connectivity index (χ1) is 9.36. The number of hydrogen-bond acceptors (Lipinski definition) is 4. The number of aliphatic carboxylic acids is 1. The van der Waals surface area contributed by atoms with E-state index in [9.17, 15) is 14.7 Å². The highest BCUT2D eigenvalue weighted by Crippen LogP contribution is 2.29. The van der Waals surface area contributed by atoms with Crippen LogP contribution in [0.2, 0.25) is 0 Å². The van der Waals surface area contributed by atoms with Gasteiger partial charge in [0.05, 0.1) is 19.3 Å². The van der Waals surface area contributed by atoms with Crippen LogP contribution in [0, 0.1) is 5.41 Å². The molecule has 0 aromatic rings. The van der Waals surface area contributed by atoms with Crippen LogP contribution in [-0.2, 0) is 14.3 Å². The average molecular weight is 286 g/mol. The maximum atomic E-state index is 12.1. The summed E-state index contributed by atoms with van der Waals surface area (Å²) in [4.78, 5) is 23.4. The maximum absolute atomic E-state index is 12.1. The quantitative estimate of drug-likeness (QED) is 0.695. The number of hydrogen-bond donors (Lipinski definition) is 3. The number of ether oxygens (including phenoxy) is 2. The first-order valence-electron chi connectivity index (χ1n) is 6.83. The minimum Gasteiger partial charge on any atom is -0.481 e. The molecule has 2 aliphatic rings. The van der Waals surface area contributed by atoms with Crippen molar-refractivity contribution in [2.24, 2.45) is 5.41 Å². The van der Waals surface area contributed by atoms with Crippen LogP contribution in [0.25, 0.3) is 0 Å². The SMILES string of the molecule is CC1(NC(=O)NC2COCC2(C)C(=O)O)CCOCC1. The highest BCUT2D eigenvalue weighted by Gasteiger charge is 2.47. The molecule has 2 heterocycles. The molecule has 7 nitrogen and oxygen atoms in total. The molecule has 20 heavy (non-hydrogen) atoms. The predicted octanol–water partition coefficient (Wildman–Crippen LogP) is 0.344. The van der Waals surface area contributed by atoms with Crippen molar-refractivity contribution in [1.29, 1.82) is 0 Å². The Kier molecular flexibility index (Phi) is 4.19. The zero-order chi connectivity index (χ0) is 14.8. The summed E-state index contributed by atoms with van der Waals surface area (Å²) < 4.78 is 10.5. The van der Waals surface area contributed by atoms with Crippen molar-refractivity contribution in [3.05, 3.63) is 0 Å². The Bertz CT molecular complexity index is 394. The molecule has 0 aromatic carbocycles. The molecule has 2 unspecified atom stereocenters. The topological polar surface area (TPSA) is 96.9 Å². The fourth-order valence-corrected chi connectivity index (χ4v) is 2.50. The number of carboxylic acids is 1. The molecule has 0 radical (unpaired) electrons. The Morgan fingerprint density at radius 3 is 2.45 bits per heavy atom. The minimum absolute atomic E-state index is 0.110. The fraction of sp³-hybridized carbons (Fsp3) is 0.846. The van der Waals surface area contributed by atoms with Gasteiger partial charge >= 0.3 is 12.0 Å². The average Bonchev–Trinajstić information content (AvgIpc) is 2.72. The van der Waals surface area contributed by atoms with Gasteiger partial charge in [-0.25, -0.2) is 4.79 Å². The molecule has 2 atom stereocenters. The summed E-state index contributed by atoms with van der Waals surface area (Å²) in [7, 11) is 0. The van der Waals surface area contributed by atoms with Gasteiger partial charge in [-0.2, -0.15) is 0 Å². The number of carboxylic acid groups (broad SMARTS) is 1. The van der Waals surface area contributed by atoms with Crippen LogP contribution in [0.5, 0.6) is 0 Å². The van der Waals surface area contributed by atoms with E-state index in [1.807, 2.05) is 6.92 Å². The number of rotatable bonds is 3. The zero-order valence-electron chi connectivity index (χ0n) is 11.9. The van der Waals surface area contributed by atoms with Crippen LogP contribution in [0.1, 0.15) is 26.7 Å². The second-order valence-electron chi connectivity index (χ2n) is 6.06. The normalized spacial score (nSPS) is 32.6. The zero-order valence-corrected chi connectivity index (χ0v) is 11.9. The van der Waals surface area contributed by atoms with Crippen molar-refractivity contribution < 1.29 is 24.2 Å². The molecule has 0 aromatic heterocycles. The largest absolute Gasteiger partial charge is 0.481 e. The molecule has 2 aliphatic heterocycles. The lowest BCUT2D eigenvalue weighted by atomic mass is 9.85. The first kappa shape index (κ1) is 15.1. The van der Waals surface area contributed by atoms with Gasteiger partial charge in [0.15, 0.2) is 0 Å². The molecule has 3 N–H and O–H groups in total. The molecular formula is C13H22N2O5. The van der Waals surface area contributed by atoms with Gasteiger partial charge in [-0.1, -0.05) is 0 Å². The van der Waals surface area contributed by atoms with E-state index in [4.69, 9.17) is 9.47 Å². The molecule has 7 heteroatoms. The van der Waals surface area contributed by atoms with Crippen molar-refractivity contribution in [1.82, 2.24) is 10.6 Å². The smallest absolute Gasteiger partial charge is 0.315 e. The molecular weight excluding hydrogens is 264 g/mol. The molecule has 0 spiro atoms. The third-order valence-electron chi connectivity index (χ3n) is 4.26. The Morgan fingerprint density at radius 1 is 1.20 bits per heavy atom. The summed E-state index contributed by atoms with van der Waals surface area (Å²) in [5, 5.41) is 14.9. The van der Waals surface area contributed by atoms with Crippen LogP contribution >= 0.6 is 0 Å². The Labute approximate surface area is 118 Å². The third-order valence-corrected chi connectivity index (χ3v) is 4.26. The molecule has 2 fully saturated rings. The number of urea groups is 1. The summed E-state index contributed by atoms with van der Waals surface area (Å²) in [5.74, 6) is -0.961. The highest BCUT2D eigenvalue weighted by molar-refractivity contribution is 5.79. The monoisotopic (exact) mass is 286 g/mol. The number of carbonyl (C=O) groups is 2. The van der Waals surface area contributed by atoms with Gasteiger partial charge in [-0.3, -0.25) is 4.79 Å². The summed E-state index contributed by atoms with van der Waals surface area (Å²) >= 11 is 0. The van der Waals surface area contributed by atoms with E-state index in [1.54, 1.807) is 6.92 Å². The van der Waals surface area contributed by atoms with E-state index in [1.165, 1.54) is 0 Å². The van der Waals surface area contributed by atoms with Gasteiger partial charge < -0.3 is 25.2 Å².